The minimum Gasteiger partial charge on any atom is -0.337 e. The lowest BCUT2D eigenvalue weighted by Crippen LogP contribution is -2.29. The summed E-state index contributed by atoms with van der Waals surface area (Å²) in [4.78, 5) is 3.15. The molecule has 0 aromatic carbocycles. The van der Waals surface area contributed by atoms with Crippen LogP contribution in [0.3, 0.4) is 0 Å². The van der Waals surface area contributed by atoms with E-state index in [0.29, 0.717) is 4.75 Å². The molecular formula is C12H22N2S2. The summed E-state index contributed by atoms with van der Waals surface area (Å²) in [5.74, 6) is 0. The van der Waals surface area contributed by atoms with E-state index in [1.54, 1.807) is 0 Å². The maximum Gasteiger partial charge on any atom is 0.177 e. The zero-order valence-corrected chi connectivity index (χ0v) is 12.3. The highest BCUT2D eigenvalue weighted by Crippen LogP contribution is 2.32. The summed E-state index contributed by atoms with van der Waals surface area (Å²) in [6, 6.07) is 0. The first-order valence-corrected chi connectivity index (χ1v) is 7.58. The molecule has 0 saturated carbocycles. The minimum absolute atomic E-state index is 0.324. The van der Waals surface area contributed by atoms with E-state index in [-0.39, 0.29) is 0 Å². The van der Waals surface area contributed by atoms with Crippen molar-refractivity contribution in [3.05, 3.63) is 16.7 Å². The molecule has 0 fully saturated rings. The summed E-state index contributed by atoms with van der Waals surface area (Å²) in [6.07, 6.45) is 7.64. The maximum absolute atomic E-state index is 5.35. The number of hydrogen-bond donors (Lipinski definition) is 1. The molecule has 0 unspecified atom stereocenters. The first-order valence-electron chi connectivity index (χ1n) is 5.94. The molecular weight excluding hydrogens is 236 g/mol. The lowest BCUT2D eigenvalue weighted by molar-refractivity contribution is 0.456. The Morgan fingerprint density at radius 2 is 2.00 bits per heavy atom. The molecule has 16 heavy (non-hydrogen) atoms. The Kier molecular flexibility index (Phi) is 5.12. The largest absolute Gasteiger partial charge is 0.337 e. The zero-order chi connectivity index (χ0) is 12.2. The summed E-state index contributed by atoms with van der Waals surface area (Å²) in [7, 11) is 0. The molecule has 1 N–H and O–H groups in total. The van der Waals surface area contributed by atoms with E-state index < -0.39 is 0 Å². The van der Waals surface area contributed by atoms with E-state index >= 15 is 0 Å². The molecule has 0 spiro atoms. The highest BCUT2D eigenvalue weighted by atomic mass is 32.2. The van der Waals surface area contributed by atoms with Gasteiger partial charge in [-0.15, -0.1) is 0 Å². The fourth-order valence-corrected chi connectivity index (χ4v) is 3.09. The smallest absolute Gasteiger partial charge is 0.177 e. The SMILES string of the molecule is CCc1c[nH]c(=S)n1CC(CC)(CC)SC. The fourth-order valence-electron chi connectivity index (χ4n) is 2.01. The van der Waals surface area contributed by atoms with Crippen LogP contribution in [0.5, 0.6) is 0 Å². The second-order valence-electron chi connectivity index (χ2n) is 4.12. The van der Waals surface area contributed by atoms with Gasteiger partial charge in [-0.25, -0.2) is 0 Å². The molecule has 0 bridgehead atoms. The van der Waals surface area contributed by atoms with Crippen LogP contribution in [-0.2, 0) is 13.0 Å². The molecule has 0 aliphatic carbocycles. The lowest BCUT2D eigenvalue weighted by atomic mass is 10.0. The Morgan fingerprint density at radius 3 is 2.44 bits per heavy atom. The number of hydrogen-bond acceptors (Lipinski definition) is 2. The van der Waals surface area contributed by atoms with Crippen LogP contribution >= 0.6 is 24.0 Å². The molecule has 0 aliphatic heterocycles. The molecule has 0 atom stereocenters. The van der Waals surface area contributed by atoms with E-state index in [1.165, 1.54) is 18.5 Å². The number of aromatic amines is 1. The van der Waals surface area contributed by atoms with E-state index in [9.17, 15) is 0 Å². The summed E-state index contributed by atoms with van der Waals surface area (Å²) >= 11 is 7.31. The van der Waals surface area contributed by atoms with Gasteiger partial charge in [-0.3, -0.25) is 0 Å². The van der Waals surface area contributed by atoms with Crippen molar-refractivity contribution in [2.45, 2.75) is 51.3 Å². The zero-order valence-electron chi connectivity index (χ0n) is 10.7. The van der Waals surface area contributed by atoms with Crippen LogP contribution in [0, 0.1) is 4.77 Å². The first kappa shape index (κ1) is 13.8. The van der Waals surface area contributed by atoms with E-state index in [0.717, 1.165) is 17.7 Å². The van der Waals surface area contributed by atoms with Gasteiger partial charge in [0, 0.05) is 23.2 Å². The molecule has 1 heterocycles. The van der Waals surface area contributed by atoms with Crippen molar-refractivity contribution < 1.29 is 0 Å². The van der Waals surface area contributed by atoms with Gasteiger partial charge in [0.1, 0.15) is 0 Å². The van der Waals surface area contributed by atoms with Crippen molar-refractivity contribution in [2.24, 2.45) is 0 Å². The van der Waals surface area contributed by atoms with Gasteiger partial charge in [-0.2, -0.15) is 11.8 Å². The monoisotopic (exact) mass is 258 g/mol. The van der Waals surface area contributed by atoms with Gasteiger partial charge in [-0.1, -0.05) is 20.8 Å². The topological polar surface area (TPSA) is 20.7 Å². The number of nitrogens with one attached hydrogen (secondary N) is 1. The van der Waals surface area contributed by atoms with Crippen LogP contribution in [0.1, 0.15) is 39.3 Å². The van der Waals surface area contributed by atoms with Crippen molar-refractivity contribution in [1.82, 2.24) is 9.55 Å². The normalized spacial score (nSPS) is 12.0. The van der Waals surface area contributed by atoms with Crippen LogP contribution < -0.4 is 0 Å². The van der Waals surface area contributed by atoms with Gasteiger partial charge in [0.15, 0.2) is 4.77 Å². The molecule has 0 aliphatic rings. The van der Waals surface area contributed by atoms with Gasteiger partial charge < -0.3 is 9.55 Å². The number of aryl methyl sites for hydroxylation is 1. The fraction of sp³-hybridized carbons (Fsp3) is 0.750. The highest BCUT2D eigenvalue weighted by molar-refractivity contribution is 8.00. The molecule has 0 saturated heterocycles. The Labute approximate surface area is 108 Å². The average Bonchev–Trinajstić information content (AvgIpc) is 2.67. The third-order valence-electron chi connectivity index (χ3n) is 3.48. The summed E-state index contributed by atoms with van der Waals surface area (Å²) in [5.41, 5.74) is 1.31. The van der Waals surface area contributed by atoms with Gasteiger partial charge in [0.2, 0.25) is 0 Å². The molecule has 1 aromatic rings. The van der Waals surface area contributed by atoms with Crippen LogP contribution in [0.2, 0.25) is 0 Å². The highest BCUT2D eigenvalue weighted by Gasteiger charge is 2.26. The van der Waals surface area contributed by atoms with Gasteiger partial charge in [-0.05, 0) is 37.7 Å². The van der Waals surface area contributed by atoms with Crippen LogP contribution in [-0.4, -0.2) is 20.6 Å². The van der Waals surface area contributed by atoms with E-state index in [2.05, 4.69) is 36.6 Å². The van der Waals surface area contributed by atoms with Crippen LogP contribution in [0.15, 0.2) is 6.20 Å². The second-order valence-corrected chi connectivity index (χ2v) is 5.78. The van der Waals surface area contributed by atoms with Crippen molar-refractivity contribution in [3.8, 4) is 0 Å². The van der Waals surface area contributed by atoms with E-state index in [4.69, 9.17) is 12.2 Å². The second kappa shape index (κ2) is 5.92. The molecule has 2 nitrogen and oxygen atoms in total. The molecule has 1 aromatic heterocycles. The standard InChI is InChI=1S/C12H22N2S2/c1-5-10-8-13-11(15)14(10)9-12(6-2,7-3)16-4/h8H,5-7,9H2,1-4H3,(H,13,15). The van der Waals surface area contributed by atoms with Crippen molar-refractivity contribution in [2.75, 3.05) is 6.26 Å². The lowest BCUT2D eigenvalue weighted by Gasteiger charge is -2.30. The predicted octanol–water partition coefficient (Wildman–Crippen LogP) is 4.03. The number of aromatic nitrogens is 2. The number of rotatable bonds is 6. The molecule has 0 radical (unpaired) electrons. The van der Waals surface area contributed by atoms with Gasteiger partial charge >= 0.3 is 0 Å². The van der Waals surface area contributed by atoms with Crippen LogP contribution in [0.25, 0.3) is 0 Å². The number of nitrogens with zero attached hydrogens (tertiary/aromatic N) is 1. The number of H-pyrrole nitrogens is 1. The molecule has 1 rings (SSSR count). The third kappa shape index (κ3) is 2.72. The Bertz CT molecular complexity index is 366. The first-order chi connectivity index (χ1) is 7.62. The number of thioether (sulfide) groups is 1. The predicted molar refractivity (Wildman–Crippen MR) is 75.8 cm³/mol. The maximum atomic E-state index is 5.35. The van der Waals surface area contributed by atoms with Crippen molar-refractivity contribution >= 4 is 24.0 Å². The van der Waals surface area contributed by atoms with Crippen LogP contribution in [0.4, 0.5) is 0 Å². The summed E-state index contributed by atoms with van der Waals surface area (Å²) in [5, 5.41) is 0. The quantitative estimate of drug-likeness (QED) is 0.778. The minimum atomic E-state index is 0.324. The summed E-state index contributed by atoms with van der Waals surface area (Å²) in [6.45, 7) is 7.73. The average molecular weight is 258 g/mol. The third-order valence-corrected chi connectivity index (χ3v) is 5.40. The summed E-state index contributed by atoms with van der Waals surface area (Å²) < 4.78 is 3.44. The molecule has 4 heteroatoms. The van der Waals surface area contributed by atoms with E-state index in [1.807, 2.05) is 18.0 Å². The Morgan fingerprint density at radius 1 is 1.38 bits per heavy atom. The van der Waals surface area contributed by atoms with Crippen molar-refractivity contribution in [1.29, 1.82) is 0 Å². The van der Waals surface area contributed by atoms with Crippen molar-refractivity contribution in [3.63, 3.8) is 0 Å². The number of imidazole rings is 1. The molecule has 0 amide bonds. The van der Waals surface area contributed by atoms with Gasteiger partial charge in [0.25, 0.3) is 0 Å². The Hall–Kier alpha value is -0.220. The Balaban J connectivity index is 3.01. The van der Waals surface area contributed by atoms with Gasteiger partial charge in [0.05, 0.1) is 0 Å². The molecule has 92 valence electrons.